The highest BCUT2D eigenvalue weighted by atomic mass is 127. The van der Waals surface area contributed by atoms with E-state index in [0.29, 0.717) is 21.6 Å². The van der Waals surface area contributed by atoms with Crippen LogP contribution in [0.1, 0.15) is 23.6 Å². The first kappa shape index (κ1) is 24.3. The number of benzene rings is 3. The van der Waals surface area contributed by atoms with Gasteiger partial charge in [0.25, 0.3) is 5.91 Å². The summed E-state index contributed by atoms with van der Waals surface area (Å²) in [7, 11) is 1.57. The predicted molar refractivity (Wildman–Crippen MR) is 143 cm³/mol. The lowest BCUT2D eigenvalue weighted by Crippen LogP contribution is -2.19. The number of ether oxygens (including phenoxy) is 2. The number of hydrogen-bond donors (Lipinski definition) is 1. The molecular formula is C26H22FIN2O3S. The quantitative estimate of drug-likeness (QED) is 0.254. The molecule has 0 bridgehead atoms. The lowest BCUT2D eigenvalue weighted by molar-refractivity contribution is -0.115. The van der Waals surface area contributed by atoms with Gasteiger partial charge in [0.15, 0.2) is 16.7 Å². The van der Waals surface area contributed by atoms with E-state index in [9.17, 15) is 9.18 Å². The van der Waals surface area contributed by atoms with Crippen LogP contribution >= 0.6 is 34.4 Å². The summed E-state index contributed by atoms with van der Waals surface area (Å²) in [5.74, 6) is 0.661. The highest BCUT2D eigenvalue weighted by Crippen LogP contribution is 2.36. The third kappa shape index (κ3) is 5.98. The van der Waals surface area contributed by atoms with E-state index in [1.54, 1.807) is 25.3 Å². The van der Waals surface area contributed by atoms with Gasteiger partial charge in [0.1, 0.15) is 12.4 Å². The summed E-state index contributed by atoms with van der Waals surface area (Å²) in [6.07, 6.45) is 2.77. The summed E-state index contributed by atoms with van der Waals surface area (Å²) >= 11 is 3.47. The van der Waals surface area contributed by atoms with Crippen LogP contribution in [0.5, 0.6) is 11.5 Å². The molecule has 34 heavy (non-hydrogen) atoms. The number of carbonyl (C=O) groups is 1. The van der Waals surface area contributed by atoms with Crippen LogP contribution in [0.2, 0.25) is 0 Å². The van der Waals surface area contributed by atoms with Gasteiger partial charge in [0.05, 0.1) is 21.3 Å². The summed E-state index contributed by atoms with van der Waals surface area (Å²) in [6.45, 7) is 2.38. The molecule has 174 valence electrons. The van der Waals surface area contributed by atoms with Crippen LogP contribution in [0.4, 0.5) is 10.1 Å². The van der Waals surface area contributed by atoms with Gasteiger partial charge in [-0.25, -0.2) is 9.38 Å². The molecular weight excluding hydrogens is 566 g/mol. The number of rotatable bonds is 7. The molecule has 0 aliphatic carbocycles. The maximum atomic E-state index is 13.1. The zero-order valence-electron chi connectivity index (χ0n) is 18.6. The topological polar surface area (TPSA) is 59.9 Å². The Bertz CT molecular complexity index is 1260. The van der Waals surface area contributed by atoms with E-state index in [2.05, 4.69) is 39.8 Å². The highest BCUT2D eigenvalue weighted by Gasteiger charge is 2.24. The molecule has 5 nitrogen and oxygen atoms in total. The largest absolute Gasteiger partial charge is 0.493 e. The van der Waals surface area contributed by atoms with E-state index in [1.807, 2.05) is 36.4 Å². The molecule has 0 unspecified atom stereocenters. The number of carbonyl (C=O) groups excluding carboxylic acids is 1. The van der Waals surface area contributed by atoms with Crippen LogP contribution in [0, 0.1) is 9.39 Å². The van der Waals surface area contributed by atoms with E-state index in [1.165, 1.54) is 29.5 Å². The van der Waals surface area contributed by atoms with E-state index >= 15 is 0 Å². The van der Waals surface area contributed by atoms with Crippen LogP contribution in [0.3, 0.4) is 0 Å². The van der Waals surface area contributed by atoms with Crippen molar-refractivity contribution in [3.63, 3.8) is 0 Å². The van der Waals surface area contributed by atoms with Crippen LogP contribution < -0.4 is 14.8 Å². The molecule has 0 atom stereocenters. The lowest BCUT2D eigenvalue weighted by Gasteiger charge is -2.14. The molecule has 1 amide bonds. The Morgan fingerprint density at radius 1 is 1.09 bits per heavy atom. The fourth-order valence-corrected chi connectivity index (χ4v) is 4.88. The molecule has 1 fully saturated rings. The number of halogens is 2. The molecule has 0 aromatic heterocycles. The monoisotopic (exact) mass is 588 g/mol. The van der Waals surface area contributed by atoms with Crippen molar-refractivity contribution in [3.8, 4) is 11.5 Å². The summed E-state index contributed by atoms with van der Waals surface area (Å²) in [6, 6.07) is 17.9. The molecule has 4 rings (SSSR count). The van der Waals surface area contributed by atoms with E-state index < -0.39 is 0 Å². The van der Waals surface area contributed by atoms with Crippen molar-refractivity contribution >= 4 is 57.2 Å². The number of hydrogen-bond acceptors (Lipinski definition) is 5. The first-order valence-corrected chi connectivity index (χ1v) is 12.5. The Morgan fingerprint density at radius 2 is 1.79 bits per heavy atom. The average molecular weight is 588 g/mol. The van der Waals surface area contributed by atoms with Gasteiger partial charge in [-0.05, 0) is 99.9 Å². The molecule has 3 aromatic carbocycles. The van der Waals surface area contributed by atoms with Crippen LogP contribution in [-0.2, 0) is 17.8 Å². The van der Waals surface area contributed by atoms with Gasteiger partial charge < -0.3 is 14.8 Å². The summed E-state index contributed by atoms with van der Waals surface area (Å²) < 4.78 is 25.4. The molecule has 8 heteroatoms. The van der Waals surface area contributed by atoms with Crippen LogP contribution in [0.25, 0.3) is 6.08 Å². The maximum Gasteiger partial charge on any atom is 0.264 e. The van der Waals surface area contributed by atoms with Crippen molar-refractivity contribution in [2.24, 2.45) is 4.99 Å². The van der Waals surface area contributed by atoms with Gasteiger partial charge in [-0.1, -0.05) is 31.2 Å². The first-order valence-electron chi connectivity index (χ1n) is 10.6. The zero-order valence-corrected chi connectivity index (χ0v) is 21.6. The summed E-state index contributed by atoms with van der Waals surface area (Å²) in [5.41, 5.74) is 3.68. The molecule has 0 radical (unpaired) electrons. The average Bonchev–Trinajstić information content (AvgIpc) is 3.17. The number of thioether (sulfide) groups is 1. The molecule has 1 heterocycles. The number of aliphatic imine (C=N–C) groups is 1. The van der Waals surface area contributed by atoms with Crippen molar-refractivity contribution < 1.29 is 18.7 Å². The van der Waals surface area contributed by atoms with Crippen molar-refractivity contribution in [1.29, 1.82) is 0 Å². The Balaban J connectivity index is 1.51. The molecule has 1 aliphatic rings. The third-order valence-corrected chi connectivity index (χ3v) is 6.78. The number of nitrogens with one attached hydrogen (secondary N) is 1. The smallest absolute Gasteiger partial charge is 0.264 e. The van der Waals surface area contributed by atoms with Gasteiger partial charge in [0.2, 0.25) is 0 Å². The lowest BCUT2D eigenvalue weighted by atomic mass is 10.1. The molecule has 1 aliphatic heterocycles. The Kier molecular flexibility index (Phi) is 7.89. The number of aryl methyl sites for hydroxylation is 1. The molecule has 1 N–H and O–H groups in total. The minimum Gasteiger partial charge on any atom is -0.493 e. The van der Waals surface area contributed by atoms with Crippen molar-refractivity contribution in [3.05, 3.63) is 91.6 Å². The summed E-state index contributed by atoms with van der Waals surface area (Å²) in [5, 5.41) is 3.36. The molecule has 0 spiro atoms. The fourth-order valence-electron chi connectivity index (χ4n) is 3.25. The number of methoxy groups -OCH3 is 1. The molecule has 3 aromatic rings. The van der Waals surface area contributed by atoms with E-state index in [-0.39, 0.29) is 18.3 Å². The second kappa shape index (κ2) is 11.1. The van der Waals surface area contributed by atoms with E-state index in [0.717, 1.165) is 26.8 Å². The fraction of sp³-hybridized carbons (Fsp3) is 0.154. The second-order valence-corrected chi connectivity index (χ2v) is 9.64. The second-order valence-electron chi connectivity index (χ2n) is 7.45. The number of amides is 1. The normalized spacial score (nSPS) is 15.6. The Morgan fingerprint density at radius 3 is 2.47 bits per heavy atom. The molecule has 1 saturated heterocycles. The van der Waals surface area contributed by atoms with Gasteiger partial charge in [-0.15, -0.1) is 0 Å². The van der Waals surface area contributed by atoms with Crippen molar-refractivity contribution in [2.45, 2.75) is 20.0 Å². The van der Waals surface area contributed by atoms with Crippen molar-refractivity contribution in [2.75, 3.05) is 7.11 Å². The number of amidine groups is 1. The van der Waals surface area contributed by atoms with Crippen LogP contribution in [-0.4, -0.2) is 18.2 Å². The first-order chi connectivity index (χ1) is 16.4. The van der Waals surface area contributed by atoms with Gasteiger partial charge in [-0.3, -0.25) is 4.79 Å². The zero-order chi connectivity index (χ0) is 24.1. The minimum atomic E-state index is -0.287. The number of nitrogens with zero attached hydrogens (tertiary/aromatic N) is 1. The van der Waals surface area contributed by atoms with Crippen molar-refractivity contribution in [1.82, 2.24) is 5.32 Å². The predicted octanol–water partition coefficient (Wildman–Crippen LogP) is 6.47. The third-order valence-electron chi connectivity index (χ3n) is 5.07. The van der Waals surface area contributed by atoms with Gasteiger partial charge in [0, 0.05) is 0 Å². The highest BCUT2D eigenvalue weighted by molar-refractivity contribution is 14.1. The molecule has 0 saturated carbocycles. The summed E-state index contributed by atoms with van der Waals surface area (Å²) in [4.78, 5) is 17.6. The maximum absolute atomic E-state index is 13.1. The standard InChI is InChI=1S/C26H22FIN2O3S/c1-3-16-6-10-20(11-7-16)29-26-30-25(31)23(34-26)14-18-12-21(28)24(22(13-18)32-2)33-15-17-4-8-19(27)9-5-17/h4-14H,3,15H2,1-2H3,(H,29,30,31)/b23-14-. The SMILES string of the molecule is CCc1ccc(N=C2NC(=O)/C(=C/c3cc(I)c(OCc4ccc(F)cc4)c(OC)c3)S2)cc1. The van der Waals surface area contributed by atoms with Gasteiger partial charge in [-0.2, -0.15) is 0 Å². The minimum absolute atomic E-state index is 0.195. The Hall–Kier alpha value is -2.85. The van der Waals surface area contributed by atoms with Crippen LogP contribution in [0.15, 0.2) is 70.6 Å². The van der Waals surface area contributed by atoms with E-state index in [4.69, 9.17) is 9.47 Å². The van der Waals surface area contributed by atoms with Gasteiger partial charge >= 0.3 is 0 Å². The Labute approximate surface area is 215 Å².